The molecular weight excluding hydrogens is 387 g/mol. The highest BCUT2D eigenvalue weighted by Gasteiger charge is 2.30. The lowest BCUT2D eigenvalue weighted by Crippen LogP contribution is -2.31. The van der Waals surface area contributed by atoms with Gasteiger partial charge in [0.05, 0.1) is 25.1 Å². The normalized spacial score (nSPS) is 13.4. The molecular formula is C21H22F3NO4. The van der Waals surface area contributed by atoms with Crippen molar-refractivity contribution in [3.8, 4) is 5.75 Å². The molecule has 2 unspecified atom stereocenters. The summed E-state index contributed by atoms with van der Waals surface area (Å²) in [6, 6.07) is 10.6. The van der Waals surface area contributed by atoms with Crippen LogP contribution in [-0.4, -0.2) is 24.1 Å². The van der Waals surface area contributed by atoms with Gasteiger partial charge in [-0.15, -0.1) is 0 Å². The molecule has 2 rings (SSSR count). The highest BCUT2D eigenvalue weighted by Crippen LogP contribution is 2.31. The summed E-state index contributed by atoms with van der Waals surface area (Å²) >= 11 is 0. The second kappa shape index (κ2) is 9.45. The minimum atomic E-state index is -4.42. The third kappa shape index (κ3) is 6.23. The maximum absolute atomic E-state index is 12.7. The maximum atomic E-state index is 12.7. The molecule has 0 spiro atoms. The molecule has 8 heteroatoms. The average Bonchev–Trinajstić information content (AvgIpc) is 2.66. The number of nitrogens with one attached hydrogen (secondary N) is 1. The molecule has 0 saturated carbocycles. The van der Waals surface area contributed by atoms with Crippen LogP contribution in [0.25, 0.3) is 0 Å². The number of rotatable bonds is 8. The van der Waals surface area contributed by atoms with E-state index in [4.69, 9.17) is 4.74 Å². The lowest BCUT2D eigenvalue weighted by molar-refractivity contribution is -0.138. The smallest absolute Gasteiger partial charge is 0.416 e. The standard InChI is InChI=1S/C21H22F3NO4/c1-13(14-7-9-15(10-8-14)21(22,23)24)11-19(26)25-17(12-20(27)28)16-5-3-4-6-18(16)29-2/h3-10,13,17H,11-12H2,1-2H3,(H,25,26)(H,27,28). The van der Waals surface area contributed by atoms with E-state index in [0.717, 1.165) is 12.1 Å². The molecule has 0 heterocycles. The van der Waals surface area contributed by atoms with Crippen molar-refractivity contribution in [3.05, 3.63) is 65.2 Å². The Morgan fingerprint density at radius 3 is 2.24 bits per heavy atom. The molecule has 0 fully saturated rings. The number of halogens is 3. The van der Waals surface area contributed by atoms with E-state index in [1.54, 1.807) is 31.2 Å². The fourth-order valence-corrected chi connectivity index (χ4v) is 3.02. The van der Waals surface area contributed by atoms with Crippen LogP contribution in [0, 0.1) is 0 Å². The fourth-order valence-electron chi connectivity index (χ4n) is 3.02. The number of aliphatic carboxylic acids is 1. The Labute approximate surface area is 166 Å². The molecule has 2 atom stereocenters. The molecule has 2 aromatic carbocycles. The van der Waals surface area contributed by atoms with Crippen molar-refractivity contribution in [1.29, 1.82) is 0 Å². The zero-order valence-electron chi connectivity index (χ0n) is 16.0. The molecule has 0 saturated heterocycles. The number of alkyl halides is 3. The molecule has 5 nitrogen and oxygen atoms in total. The van der Waals surface area contributed by atoms with Gasteiger partial charge in [0.1, 0.15) is 5.75 Å². The molecule has 2 aromatic rings. The molecule has 0 aliphatic rings. The topological polar surface area (TPSA) is 75.6 Å². The molecule has 156 valence electrons. The first-order chi connectivity index (χ1) is 13.6. The minimum Gasteiger partial charge on any atom is -0.496 e. The van der Waals surface area contributed by atoms with Gasteiger partial charge in [0, 0.05) is 12.0 Å². The van der Waals surface area contributed by atoms with E-state index >= 15 is 0 Å². The molecule has 2 N–H and O–H groups in total. The number of hydrogen-bond donors (Lipinski definition) is 2. The van der Waals surface area contributed by atoms with E-state index in [-0.39, 0.29) is 18.8 Å². The van der Waals surface area contributed by atoms with Crippen LogP contribution in [0.15, 0.2) is 48.5 Å². The summed E-state index contributed by atoms with van der Waals surface area (Å²) in [4.78, 5) is 23.7. The molecule has 0 bridgehead atoms. The van der Waals surface area contributed by atoms with Gasteiger partial charge in [0.2, 0.25) is 5.91 Å². The van der Waals surface area contributed by atoms with Gasteiger partial charge in [-0.1, -0.05) is 37.3 Å². The molecule has 0 aliphatic heterocycles. The minimum absolute atomic E-state index is 0.00334. The van der Waals surface area contributed by atoms with Gasteiger partial charge in [-0.3, -0.25) is 9.59 Å². The molecule has 29 heavy (non-hydrogen) atoms. The van der Waals surface area contributed by atoms with Crippen LogP contribution in [0.4, 0.5) is 13.2 Å². The summed E-state index contributed by atoms with van der Waals surface area (Å²) < 4.78 is 43.3. The van der Waals surface area contributed by atoms with Crippen LogP contribution in [0.5, 0.6) is 5.75 Å². The third-order valence-corrected chi connectivity index (χ3v) is 4.53. The number of carboxylic acids is 1. The number of para-hydroxylation sites is 1. The number of methoxy groups -OCH3 is 1. The Bertz CT molecular complexity index is 850. The summed E-state index contributed by atoms with van der Waals surface area (Å²) in [6.45, 7) is 1.72. The van der Waals surface area contributed by atoms with Gasteiger partial charge in [0.25, 0.3) is 0 Å². The predicted molar refractivity (Wildman–Crippen MR) is 101 cm³/mol. The second-order valence-electron chi connectivity index (χ2n) is 6.68. The van der Waals surface area contributed by atoms with Gasteiger partial charge >= 0.3 is 12.1 Å². The number of carboxylic acid groups (broad SMARTS) is 1. The number of amides is 1. The molecule has 0 aromatic heterocycles. The lowest BCUT2D eigenvalue weighted by Gasteiger charge is -2.21. The van der Waals surface area contributed by atoms with Crippen LogP contribution in [0.2, 0.25) is 0 Å². The average molecular weight is 409 g/mol. The molecule has 0 radical (unpaired) electrons. The van der Waals surface area contributed by atoms with Crippen molar-refractivity contribution in [2.45, 2.75) is 37.9 Å². The van der Waals surface area contributed by atoms with E-state index in [1.807, 2.05) is 0 Å². The number of ether oxygens (including phenoxy) is 1. The number of carbonyl (C=O) groups is 2. The van der Waals surface area contributed by atoms with E-state index in [1.165, 1.54) is 19.2 Å². The Morgan fingerprint density at radius 2 is 1.69 bits per heavy atom. The highest BCUT2D eigenvalue weighted by molar-refractivity contribution is 5.78. The van der Waals surface area contributed by atoms with Gasteiger partial charge in [0.15, 0.2) is 0 Å². The highest BCUT2D eigenvalue weighted by atomic mass is 19.4. The van der Waals surface area contributed by atoms with E-state index in [9.17, 15) is 27.9 Å². The summed E-state index contributed by atoms with van der Waals surface area (Å²) in [6.07, 6.45) is -4.75. The van der Waals surface area contributed by atoms with Gasteiger partial charge in [-0.05, 0) is 29.7 Å². The summed E-state index contributed by atoms with van der Waals surface area (Å²) in [7, 11) is 1.45. The summed E-state index contributed by atoms with van der Waals surface area (Å²) in [5, 5.41) is 11.9. The number of benzene rings is 2. The predicted octanol–water partition coefficient (Wildman–Crippen LogP) is 4.54. The monoisotopic (exact) mass is 409 g/mol. The van der Waals surface area contributed by atoms with E-state index in [0.29, 0.717) is 16.9 Å². The van der Waals surface area contributed by atoms with Crippen LogP contribution < -0.4 is 10.1 Å². The first-order valence-electron chi connectivity index (χ1n) is 8.93. The Morgan fingerprint density at radius 1 is 1.07 bits per heavy atom. The van der Waals surface area contributed by atoms with Crippen molar-refractivity contribution in [3.63, 3.8) is 0 Å². The lowest BCUT2D eigenvalue weighted by atomic mass is 9.95. The molecule has 1 amide bonds. The SMILES string of the molecule is COc1ccccc1C(CC(=O)O)NC(=O)CC(C)c1ccc(C(F)(F)F)cc1. The van der Waals surface area contributed by atoms with Gasteiger partial charge < -0.3 is 15.2 Å². The zero-order chi connectivity index (χ0) is 21.6. The first-order valence-corrected chi connectivity index (χ1v) is 8.93. The summed E-state index contributed by atoms with van der Waals surface area (Å²) in [5.41, 5.74) is 0.365. The Balaban J connectivity index is 2.10. The van der Waals surface area contributed by atoms with E-state index in [2.05, 4.69) is 5.32 Å². The van der Waals surface area contributed by atoms with Crippen molar-refractivity contribution < 1.29 is 32.6 Å². The second-order valence-corrected chi connectivity index (χ2v) is 6.68. The Hall–Kier alpha value is -3.03. The van der Waals surface area contributed by atoms with E-state index < -0.39 is 29.7 Å². The number of carbonyl (C=O) groups excluding carboxylic acids is 1. The zero-order valence-corrected chi connectivity index (χ0v) is 16.0. The van der Waals surface area contributed by atoms with Crippen LogP contribution in [0.1, 0.15) is 48.4 Å². The first kappa shape index (κ1) is 22.3. The molecule has 0 aliphatic carbocycles. The van der Waals surface area contributed by atoms with Crippen molar-refractivity contribution in [1.82, 2.24) is 5.32 Å². The van der Waals surface area contributed by atoms with Crippen LogP contribution in [0.3, 0.4) is 0 Å². The van der Waals surface area contributed by atoms with Crippen molar-refractivity contribution in [2.75, 3.05) is 7.11 Å². The maximum Gasteiger partial charge on any atom is 0.416 e. The van der Waals surface area contributed by atoms with Crippen molar-refractivity contribution in [2.24, 2.45) is 0 Å². The Kier molecular flexibility index (Phi) is 7.25. The largest absolute Gasteiger partial charge is 0.496 e. The van der Waals surface area contributed by atoms with Gasteiger partial charge in [-0.2, -0.15) is 13.2 Å². The van der Waals surface area contributed by atoms with Crippen LogP contribution >= 0.6 is 0 Å². The quantitative estimate of drug-likeness (QED) is 0.671. The van der Waals surface area contributed by atoms with Crippen LogP contribution in [-0.2, 0) is 15.8 Å². The summed E-state index contributed by atoms with van der Waals surface area (Å²) in [5.74, 6) is -1.39. The fraction of sp³-hybridized carbons (Fsp3) is 0.333. The van der Waals surface area contributed by atoms with Crippen molar-refractivity contribution >= 4 is 11.9 Å². The van der Waals surface area contributed by atoms with Gasteiger partial charge in [-0.25, -0.2) is 0 Å². The number of hydrogen-bond acceptors (Lipinski definition) is 3. The third-order valence-electron chi connectivity index (χ3n) is 4.53.